The van der Waals surface area contributed by atoms with Crippen LogP contribution >= 0.6 is 0 Å². The van der Waals surface area contributed by atoms with Crippen molar-refractivity contribution in [3.8, 4) is 11.4 Å². The molecule has 7 heteroatoms. The lowest BCUT2D eigenvalue weighted by Crippen LogP contribution is -2.47. The molecule has 0 spiro atoms. The normalized spacial score (nSPS) is 16.1. The van der Waals surface area contributed by atoms with Gasteiger partial charge in [-0.2, -0.15) is 0 Å². The second-order valence-corrected chi connectivity index (χ2v) is 7.91. The number of benzene rings is 1. The average molecular weight is 370 g/mol. The molecule has 2 aromatic rings. The Bertz CT molecular complexity index is 831. The van der Waals surface area contributed by atoms with E-state index in [0.29, 0.717) is 26.1 Å². The van der Waals surface area contributed by atoms with Gasteiger partial charge in [0.1, 0.15) is 0 Å². The van der Waals surface area contributed by atoms with Gasteiger partial charge in [0.05, 0.1) is 18.4 Å². The van der Waals surface area contributed by atoms with Crippen LogP contribution in [-0.2, 0) is 22.7 Å². The van der Waals surface area contributed by atoms with E-state index >= 15 is 0 Å². The van der Waals surface area contributed by atoms with Crippen molar-refractivity contribution in [3.63, 3.8) is 0 Å². The summed E-state index contributed by atoms with van der Waals surface area (Å²) in [5.41, 5.74) is 0.0799. The standard InChI is InChI=1S/C20H26N4O3/c1-14(2)11-20(3,12-17(25)26)19(27)23-9-10-24-16(13-23)21-22-18(24)15-7-5-4-6-8-15/h4-8,14H,9-13H2,1-3H3,(H,25,26). The molecule has 7 nitrogen and oxygen atoms in total. The van der Waals surface area contributed by atoms with Gasteiger partial charge in [-0.1, -0.05) is 51.1 Å². The van der Waals surface area contributed by atoms with Gasteiger partial charge in [0, 0.05) is 18.7 Å². The van der Waals surface area contributed by atoms with Gasteiger partial charge in [-0.3, -0.25) is 9.59 Å². The minimum atomic E-state index is -0.946. The molecule has 0 bridgehead atoms. The van der Waals surface area contributed by atoms with Gasteiger partial charge in [-0.25, -0.2) is 0 Å². The van der Waals surface area contributed by atoms with Crippen LogP contribution in [0, 0.1) is 11.3 Å². The van der Waals surface area contributed by atoms with Crippen molar-refractivity contribution in [1.82, 2.24) is 19.7 Å². The van der Waals surface area contributed by atoms with Crippen LogP contribution in [0.15, 0.2) is 30.3 Å². The number of nitrogens with zero attached hydrogens (tertiary/aromatic N) is 4. The Morgan fingerprint density at radius 2 is 1.89 bits per heavy atom. The zero-order valence-corrected chi connectivity index (χ0v) is 16.1. The van der Waals surface area contributed by atoms with Crippen LogP contribution in [-0.4, -0.2) is 43.2 Å². The number of carboxylic acid groups (broad SMARTS) is 1. The minimum absolute atomic E-state index is 0.117. The summed E-state index contributed by atoms with van der Waals surface area (Å²) in [6.45, 7) is 7.25. The van der Waals surface area contributed by atoms with Crippen LogP contribution in [0.25, 0.3) is 11.4 Å². The summed E-state index contributed by atoms with van der Waals surface area (Å²) >= 11 is 0. The van der Waals surface area contributed by atoms with Gasteiger partial charge < -0.3 is 14.6 Å². The Hall–Kier alpha value is -2.70. The largest absolute Gasteiger partial charge is 0.481 e. The molecule has 1 aromatic heterocycles. The third kappa shape index (κ3) is 4.02. The van der Waals surface area contributed by atoms with E-state index in [-0.39, 0.29) is 18.2 Å². The minimum Gasteiger partial charge on any atom is -0.481 e. The molecule has 0 fully saturated rings. The van der Waals surface area contributed by atoms with E-state index in [1.54, 1.807) is 11.8 Å². The number of carbonyl (C=O) groups is 2. The molecule has 1 N–H and O–H groups in total. The number of hydrogen-bond donors (Lipinski definition) is 1. The van der Waals surface area contributed by atoms with Gasteiger partial charge in [0.15, 0.2) is 11.6 Å². The molecule has 3 rings (SSSR count). The average Bonchev–Trinajstić information content (AvgIpc) is 3.03. The molecule has 1 aliphatic rings. The summed E-state index contributed by atoms with van der Waals surface area (Å²) in [6.07, 6.45) is 0.374. The Labute approximate surface area is 159 Å². The van der Waals surface area contributed by atoms with Crippen molar-refractivity contribution in [2.24, 2.45) is 11.3 Å². The van der Waals surface area contributed by atoms with Crippen molar-refractivity contribution in [2.45, 2.75) is 46.7 Å². The molecule has 0 aliphatic carbocycles. The zero-order chi connectivity index (χ0) is 19.6. The number of carboxylic acids is 1. The lowest BCUT2D eigenvalue weighted by atomic mass is 9.77. The highest BCUT2D eigenvalue weighted by atomic mass is 16.4. The maximum absolute atomic E-state index is 13.2. The Balaban J connectivity index is 1.82. The molecule has 144 valence electrons. The van der Waals surface area contributed by atoms with E-state index in [1.165, 1.54) is 0 Å². The SMILES string of the molecule is CC(C)CC(C)(CC(=O)O)C(=O)N1CCn2c(nnc2-c2ccccc2)C1. The molecule has 1 amide bonds. The number of amides is 1. The highest BCUT2D eigenvalue weighted by Crippen LogP contribution is 2.34. The number of aromatic nitrogens is 3. The summed E-state index contributed by atoms with van der Waals surface area (Å²) in [6, 6.07) is 9.84. The van der Waals surface area contributed by atoms with E-state index in [0.717, 1.165) is 17.2 Å². The molecule has 0 saturated heterocycles. The van der Waals surface area contributed by atoms with Crippen molar-refractivity contribution in [1.29, 1.82) is 0 Å². The first kappa shape index (κ1) is 19.1. The molecular weight excluding hydrogens is 344 g/mol. The molecule has 0 radical (unpaired) electrons. The van der Waals surface area contributed by atoms with E-state index < -0.39 is 11.4 Å². The molecule has 1 atom stereocenters. The maximum atomic E-state index is 13.2. The molecule has 1 aromatic carbocycles. The highest BCUT2D eigenvalue weighted by molar-refractivity contribution is 5.86. The predicted molar refractivity (Wildman–Crippen MR) is 101 cm³/mol. The van der Waals surface area contributed by atoms with E-state index in [1.807, 2.05) is 48.7 Å². The predicted octanol–water partition coefficient (Wildman–Crippen LogP) is 2.81. The molecule has 0 saturated carbocycles. The van der Waals surface area contributed by atoms with Crippen molar-refractivity contribution < 1.29 is 14.7 Å². The highest BCUT2D eigenvalue weighted by Gasteiger charge is 2.40. The molecule has 1 aliphatic heterocycles. The van der Waals surface area contributed by atoms with Gasteiger partial charge in [-0.15, -0.1) is 10.2 Å². The van der Waals surface area contributed by atoms with Crippen molar-refractivity contribution in [2.75, 3.05) is 6.54 Å². The number of aliphatic carboxylic acids is 1. The summed E-state index contributed by atoms with van der Waals surface area (Å²) in [5, 5.41) is 17.9. The van der Waals surface area contributed by atoms with Crippen LogP contribution in [0.5, 0.6) is 0 Å². The molecule has 2 heterocycles. The van der Waals surface area contributed by atoms with Gasteiger partial charge in [-0.05, 0) is 12.3 Å². The fourth-order valence-corrected chi connectivity index (χ4v) is 3.98. The fraction of sp³-hybridized carbons (Fsp3) is 0.500. The first-order chi connectivity index (χ1) is 12.8. The molecular formula is C20H26N4O3. The first-order valence-corrected chi connectivity index (χ1v) is 9.29. The van der Waals surface area contributed by atoms with Gasteiger partial charge >= 0.3 is 5.97 Å². The third-order valence-electron chi connectivity index (χ3n) is 4.99. The summed E-state index contributed by atoms with van der Waals surface area (Å²) in [5.74, 6) is 0.701. The first-order valence-electron chi connectivity index (χ1n) is 9.29. The monoisotopic (exact) mass is 370 g/mol. The second kappa shape index (κ2) is 7.50. The molecule has 27 heavy (non-hydrogen) atoms. The van der Waals surface area contributed by atoms with Crippen molar-refractivity contribution >= 4 is 11.9 Å². The molecule has 1 unspecified atom stereocenters. The number of hydrogen-bond acceptors (Lipinski definition) is 4. The van der Waals surface area contributed by atoms with E-state index in [9.17, 15) is 14.7 Å². The second-order valence-electron chi connectivity index (χ2n) is 7.91. The van der Waals surface area contributed by atoms with Gasteiger partial charge in [0.25, 0.3) is 0 Å². The lowest BCUT2D eigenvalue weighted by molar-refractivity contribution is -0.152. The Morgan fingerprint density at radius 1 is 1.19 bits per heavy atom. The Kier molecular flexibility index (Phi) is 5.30. The lowest BCUT2D eigenvalue weighted by Gasteiger charge is -2.36. The summed E-state index contributed by atoms with van der Waals surface area (Å²) in [4.78, 5) is 26.3. The van der Waals surface area contributed by atoms with Crippen LogP contribution in [0.4, 0.5) is 0 Å². The fourth-order valence-electron chi connectivity index (χ4n) is 3.98. The smallest absolute Gasteiger partial charge is 0.304 e. The topological polar surface area (TPSA) is 88.3 Å². The summed E-state index contributed by atoms with van der Waals surface area (Å²) < 4.78 is 2.04. The van der Waals surface area contributed by atoms with E-state index in [2.05, 4.69) is 10.2 Å². The summed E-state index contributed by atoms with van der Waals surface area (Å²) in [7, 11) is 0. The zero-order valence-electron chi connectivity index (χ0n) is 16.1. The van der Waals surface area contributed by atoms with E-state index in [4.69, 9.17) is 0 Å². The quantitative estimate of drug-likeness (QED) is 0.845. The third-order valence-corrected chi connectivity index (χ3v) is 4.99. The van der Waals surface area contributed by atoms with Crippen LogP contribution < -0.4 is 0 Å². The van der Waals surface area contributed by atoms with Crippen LogP contribution in [0.2, 0.25) is 0 Å². The van der Waals surface area contributed by atoms with Gasteiger partial charge in [0.2, 0.25) is 5.91 Å². The van der Waals surface area contributed by atoms with Crippen LogP contribution in [0.1, 0.15) is 39.4 Å². The Morgan fingerprint density at radius 3 is 2.52 bits per heavy atom. The number of rotatable bonds is 6. The maximum Gasteiger partial charge on any atom is 0.304 e. The number of carbonyl (C=O) groups excluding carboxylic acids is 1. The van der Waals surface area contributed by atoms with Crippen LogP contribution in [0.3, 0.4) is 0 Å². The van der Waals surface area contributed by atoms with Crippen molar-refractivity contribution in [3.05, 3.63) is 36.2 Å². The number of fused-ring (bicyclic) bond motifs is 1.